The van der Waals surface area contributed by atoms with Crippen molar-refractivity contribution < 1.29 is 5.11 Å². The normalized spacial score (nSPS) is 10.8. The topological polar surface area (TPSA) is 38.0 Å². The summed E-state index contributed by atoms with van der Waals surface area (Å²) in [6.45, 7) is 0.741. The molecule has 1 N–H and O–H groups in total. The zero-order chi connectivity index (χ0) is 8.39. The van der Waals surface area contributed by atoms with Crippen LogP contribution in [0.15, 0.2) is 24.5 Å². The van der Waals surface area contributed by atoms with E-state index in [1.807, 2.05) is 22.9 Å². The van der Waals surface area contributed by atoms with E-state index in [0.29, 0.717) is 6.54 Å². The minimum absolute atomic E-state index is 0.143. The summed E-state index contributed by atoms with van der Waals surface area (Å²) in [6.07, 6.45) is 3.55. The fourth-order valence-corrected chi connectivity index (χ4v) is 1.26. The lowest BCUT2D eigenvalue weighted by Gasteiger charge is -1.99. The van der Waals surface area contributed by atoms with Crippen LogP contribution >= 0.6 is 0 Å². The molecule has 0 unspecified atom stereocenters. The van der Waals surface area contributed by atoms with Gasteiger partial charge in [0, 0.05) is 30.4 Å². The lowest BCUT2D eigenvalue weighted by atomic mass is 10.3. The zero-order valence-corrected chi connectivity index (χ0v) is 6.57. The predicted molar refractivity (Wildman–Crippen MR) is 45.7 cm³/mol. The largest absolute Gasteiger partial charge is 0.395 e. The molecule has 2 rings (SSSR count). The highest BCUT2D eigenvalue weighted by atomic mass is 16.3. The third kappa shape index (κ3) is 1.08. The minimum Gasteiger partial charge on any atom is -0.395 e. The van der Waals surface area contributed by atoms with Crippen molar-refractivity contribution in [3.05, 3.63) is 30.6 Å². The maximum absolute atomic E-state index is 8.74. The molecule has 2 heterocycles. The summed E-state index contributed by atoms with van der Waals surface area (Å²) >= 11 is 0. The van der Waals surface area contributed by atoms with E-state index < -0.39 is 0 Å². The smallest absolute Gasteiger partial charge is 0.139 e. The molecule has 3 heteroatoms. The van der Waals surface area contributed by atoms with Crippen LogP contribution in [-0.2, 0) is 6.54 Å². The number of nitrogens with zero attached hydrogens (tertiary/aromatic N) is 2. The van der Waals surface area contributed by atoms with Crippen molar-refractivity contribution in [3.8, 4) is 0 Å². The Labute approximate surface area is 70.3 Å². The first-order valence-corrected chi connectivity index (χ1v) is 3.83. The van der Waals surface area contributed by atoms with Gasteiger partial charge in [-0.3, -0.25) is 0 Å². The second-order valence-electron chi connectivity index (χ2n) is 2.58. The molecule has 0 aliphatic carbocycles. The number of aliphatic hydroxyl groups excluding tert-OH is 1. The van der Waals surface area contributed by atoms with Crippen molar-refractivity contribution in [2.75, 3.05) is 6.61 Å². The second kappa shape index (κ2) is 2.95. The molecular formula is C9H9N2O. The molecule has 1 radical (unpaired) electrons. The summed E-state index contributed by atoms with van der Waals surface area (Å²) in [5, 5.41) is 9.80. The van der Waals surface area contributed by atoms with Crippen LogP contribution in [-0.4, -0.2) is 21.3 Å². The van der Waals surface area contributed by atoms with Gasteiger partial charge in [0.2, 0.25) is 0 Å². The van der Waals surface area contributed by atoms with E-state index in [1.165, 1.54) is 0 Å². The minimum atomic E-state index is 0.143. The molecule has 0 amide bonds. The molecule has 61 valence electrons. The Bertz CT molecular complexity index is 381. The number of pyridine rings is 1. The van der Waals surface area contributed by atoms with E-state index in [0.717, 1.165) is 11.0 Å². The molecule has 0 atom stereocenters. The Morgan fingerprint density at radius 3 is 3.33 bits per heavy atom. The molecule has 0 aliphatic heterocycles. The number of fused-ring (bicyclic) bond motifs is 1. The van der Waals surface area contributed by atoms with Gasteiger partial charge in [-0.15, -0.1) is 0 Å². The van der Waals surface area contributed by atoms with Crippen molar-refractivity contribution in [3.63, 3.8) is 0 Å². The first-order chi connectivity index (χ1) is 5.92. The summed E-state index contributed by atoms with van der Waals surface area (Å²) in [5.74, 6) is 0. The number of hydrogen-bond acceptors (Lipinski definition) is 2. The lowest BCUT2D eigenvalue weighted by molar-refractivity contribution is 0.278. The standard InChI is InChI=1S/C9H9N2O/c12-7-6-11-5-3-8-2-1-4-10-9(8)11/h2-5,12H,6-7H2. The quantitative estimate of drug-likeness (QED) is 0.708. The predicted octanol–water partition coefficient (Wildman–Crippen LogP) is 0.829. The molecule has 0 bridgehead atoms. The second-order valence-corrected chi connectivity index (χ2v) is 2.58. The average Bonchev–Trinajstić information content (AvgIpc) is 2.50. The van der Waals surface area contributed by atoms with Crippen molar-refractivity contribution in [2.45, 2.75) is 6.54 Å². The fraction of sp³-hybridized carbons (Fsp3) is 0.222. The van der Waals surface area contributed by atoms with E-state index in [4.69, 9.17) is 5.11 Å². The molecule has 0 saturated heterocycles. The number of aromatic nitrogens is 2. The highest BCUT2D eigenvalue weighted by Gasteiger charge is 1.98. The van der Waals surface area contributed by atoms with Gasteiger partial charge in [0.25, 0.3) is 0 Å². The summed E-state index contributed by atoms with van der Waals surface area (Å²) in [6, 6.07) is 6.76. The first-order valence-electron chi connectivity index (χ1n) is 3.83. The van der Waals surface area contributed by atoms with Gasteiger partial charge in [0.05, 0.1) is 6.61 Å². The molecule has 2 aromatic rings. The van der Waals surface area contributed by atoms with Gasteiger partial charge >= 0.3 is 0 Å². The lowest BCUT2D eigenvalue weighted by Crippen LogP contribution is -2.00. The summed E-state index contributed by atoms with van der Waals surface area (Å²) < 4.78 is 1.92. The van der Waals surface area contributed by atoms with Gasteiger partial charge in [-0.2, -0.15) is 0 Å². The van der Waals surface area contributed by atoms with Crippen molar-refractivity contribution >= 4 is 11.0 Å². The molecule has 3 nitrogen and oxygen atoms in total. The molecule has 2 aromatic heterocycles. The monoisotopic (exact) mass is 161 g/mol. The Kier molecular flexibility index (Phi) is 1.80. The van der Waals surface area contributed by atoms with E-state index in [2.05, 4.69) is 11.1 Å². The molecule has 0 aliphatic rings. The van der Waals surface area contributed by atoms with Crippen molar-refractivity contribution in [1.82, 2.24) is 9.55 Å². The number of aliphatic hydroxyl groups is 1. The third-order valence-corrected chi connectivity index (χ3v) is 1.81. The van der Waals surface area contributed by atoms with Crippen LogP contribution in [0.3, 0.4) is 0 Å². The third-order valence-electron chi connectivity index (χ3n) is 1.81. The zero-order valence-electron chi connectivity index (χ0n) is 6.57. The SMILES string of the molecule is OCCn1ccc2c[c]cnc21. The van der Waals surface area contributed by atoms with Crippen molar-refractivity contribution in [1.29, 1.82) is 0 Å². The maximum Gasteiger partial charge on any atom is 0.139 e. The Balaban J connectivity index is 2.55. The Hall–Kier alpha value is -1.35. The van der Waals surface area contributed by atoms with E-state index in [9.17, 15) is 0 Å². The average molecular weight is 161 g/mol. The van der Waals surface area contributed by atoms with Gasteiger partial charge in [0.15, 0.2) is 0 Å². The van der Waals surface area contributed by atoms with Gasteiger partial charge in [-0.25, -0.2) is 4.98 Å². The highest BCUT2D eigenvalue weighted by Crippen LogP contribution is 2.10. The van der Waals surface area contributed by atoms with Crippen LogP contribution in [0.1, 0.15) is 0 Å². The van der Waals surface area contributed by atoms with Crippen LogP contribution in [0.5, 0.6) is 0 Å². The Morgan fingerprint density at radius 2 is 2.50 bits per heavy atom. The highest BCUT2D eigenvalue weighted by molar-refractivity contribution is 5.75. The first kappa shape index (κ1) is 7.31. The van der Waals surface area contributed by atoms with E-state index in [1.54, 1.807) is 6.20 Å². The maximum atomic E-state index is 8.74. The molecule has 12 heavy (non-hydrogen) atoms. The molecule has 0 saturated carbocycles. The number of rotatable bonds is 2. The van der Waals surface area contributed by atoms with Crippen LogP contribution < -0.4 is 0 Å². The van der Waals surface area contributed by atoms with Crippen LogP contribution in [0.25, 0.3) is 11.0 Å². The van der Waals surface area contributed by atoms with Gasteiger partial charge in [0.1, 0.15) is 5.65 Å². The molecular weight excluding hydrogens is 152 g/mol. The summed E-state index contributed by atoms with van der Waals surface area (Å²) in [7, 11) is 0. The van der Waals surface area contributed by atoms with Crippen LogP contribution in [0.4, 0.5) is 0 Å². The van der Waals surface area contributed by atoms with Crippen LogP contribution in [0, 0.1) is 6.07 Å². The van der Waals surface area contributed by atoms with Gasteiger partial charge in [-0.1, -0.05) is 0 Å². The van der Waals surface area contributed by atoms with E-state index >= 15 is 0 Å². The van der Waals surface area contributed by atoms with Crippen molar-refractivity contribution in [2.24, 2.45) is 0 Å². The summed E-state index contributed by atoms with van der Waals surface area (Å²) in [4.78, 5) is 4.16. The molecule has 0 fully saturated rings. The van der Waals surface area contributed by atoms with Gasteiger partial charge in [-0.05, 0) is 12.1 Å². The fourth-order valence-electron chi connectivity index (χ4n) is 1.26. The molecule has 0 aromatic carbocycles. The molecule has 0 spiro atoms. The number of hydrogen-bond donors (Lipinski definition) is 1. The van der Waals surface area contributed by atoms with Crippen LogP contribution in [0.2, 0.25) is 0 Å². The Morgan fingerprint density at radius 1 is 1.58 bits per heavy atom. The van der Waals surface area contributed by atoms with Gasteiger partial charge < -0.3 is 9.67 Å². The summed E-state index contributed by atoms with van der Waals surface area (Å²) in [5.41, 5.74) is 0.905. The van der Waals surface area contributed by atoms with E-state index in [-0.39, 0.29) is 6.61 Å².